The van der Waals surface area contributed by atoms with E-state index in [4.69, 9.17) is 4.74 Å². The van der Waals surface area contributed by atoms with Crippen molar-refractivity contribution >= 4 is 28.6 Å². The summed E-state index contributed by atoms with van der Waals surface area (Å²) in [6.45, 7) is 2.84. The van der Waals surface area contributed by atoms with Crippen molar-refractivity contribution < 1.29 is 19.1 Å². The Labute approximate surface area is 143 Å². The second kappa shape index (κ2) is 8.09. The molecular formula is C17H19N3O5. The minimum atomic E-state index is -0.829. The Morgan fingerprint density at radius 1 is 1.16 bits per heavy atom. The van der Waals surface area contributed by atoms with Crippen LogP contribution in [0.2, 0.25) is 0 Å². The summed E-state index contributed by atoms with van der Waals surface area (Å²) >= 11 is 0. The Hall–Kier alpha value is -3.16. The quantitative estimate of drug-likeness (QED) is 0.652. The number of carbonyl (C=O) groups excluding carboxylic acids is 3. The average Bonchev–Trinajstić information content (AvgIpc) is 2.57. The number of aromatic nitrogens is 1. The van der Waals surface area contributed by atoms with Crippen molar-refractivity contribution in [3.8, 4) is 0 Å². The molecule has 0 aliphatic carbocycles. The Bertz CT molecular complexity index is 857. The number of pyridine rings is 1. The minimum Gasteiger partial charge on any atom is -0.451 e. The van der Waals surface area contributed by atoms with Gasteiger partial charge in [0.2, 0.25) is 5.91 Å². The summed E-state index contributed by atoms with van der Waals surface area (Å²) in [5, 5.41) is 5.99. The zero-order chi connectivity index (χ0) is 18.4. The van der Waals surface area contributed by atoms with E-state index in [9.17, 15) is 19.2 Å². The molecule has 3 N–H and O–H groups in total. The van der Waals surface area contributed by atoms with Crippen molar-refractivity contribution in [2.24, 2.45) is 0 Å². The summed E-state index contributed by atoms with van der Waals surface area (Å²) in [5.41, 5.74) is -0.464. The van der Waals surface area contributed by atoms with Crippen LogP contribution in [-0.4, -0.2) is 42.0 Å². The molecule has 0 aliphatic rings. The Balaban J connectivity index is 1.91. The van der Waals surface area contributed by atoms with Gasteiger partial charge in [-0.2, -0.15) is 0 Å². The van der Waals surface area contributed by atoms with E-state index >= 15 is 0 Å². The number of nitrogens with one attached hydrogen (secondary N) is 3. The van der Waals surface area contributed by atoms with E-state index in [-0.39, 0.29) is 24.2 Å². The highest BCUT2D eigenvalue weighted by Crippen LogP contribution is 2.10. The number of H-pyrrole nitrogens is 1. The first kappa shape index (κ1) is 18.2. The van der Waals surface area contributed by atoms with Crippen LogP contribution in [0, 0.1) is 0 Å². The van der Waals surface area contributed by atoms with E-state index in [0.29, 0.717) is 10.8 Å². The van der Waals surface area contributed by atoms with Crippen molar-refractivity contribution in [1.82, 2.24) is 15.6 Å². The molecular weight excluding hydrogens is 326 g/mol. The number of hydrogen-bond acceptors (Lipinski definition) is 5. The van der Waals surface area contributed by atoms with E-state index in [1.54, 1.807) is 38.1 Å². The third-order valence-electron chi connectivity index (χ3n) is 3.20. The maximum Gasteiger partial charge on any atom is 0.355 e. The molecule has 0 atom stereocenters. The Morgan fingerprint density at radius 2 is 1.88 bits per heavy atom. The highest BCUT2D eigenvalue weighted by molar-refractivity contribution is 5.94. The van der Waals surface area contributed by atoms with Gasteiger partial charge in [-0.05, 0) is 31.4 Å². The molecule has 0 bridgehead atoms. The molecule has 0 saturated carbocycles. The largest absolute Gasteiger partial charge is 0.451 e. The highest BCUT2D eigenvalue weighted by atomic mass is 16.5. The van der Waals surface area contributed by atoms with Gasteiger partial charge in [0, 0.05) is 11.4 Å². The molecule has 0 saturated heterocycles. The molecule has 0 radical (unpaired) electrons. The van der Waals surface area contributed by atoms with Gasteiger partial charge in [0.1, 0.15) is 5.69 Å². The van der Waals surface area contributed by atoms with Gasteiger partial charge in [-0.3, -0.25) is 14.4 Å². The molecule has 2 amide bonds. The van der Waals surface area contributed by atoms with Crippen molar-refractivity contribution in [3.63, 3.8) is 0 Å². The maximum absolute atomic E-state index is 12.0. The fourth-order valence-corrected chi connectivity index (χ4v) is 2.13. The predicted octanol–water partition coefficient (Wildman–Crippen LogP) is 0.326. The third kappa shape index (κ3) is 5.17. The highest BCUT2D eigenvalue weighted by Gasteiger charge is 2.13. The van der Waals surface area contributed by atoms with Crippen LogP contribution in [0.1, 0.15) is 24.3 Å². The van der Waals surface area contributed by atoms with E-state index in [1.807, 2.05) is 0 Å². The molecule has 1 aromatic carbocycles. The number of rotatable bonds is 6. The van der Waals surface area contributed by atoms with Crippen LogP contribution in [0.5, 0.6) is 0 Å². The van der Waals surface area contributed by atoms with Gasteiger partial charge >= 0.3 is 5.97 Å². The summed E-state index contributed by atoms with van der Waals surface area (Å²) in [6.07, 6.45) is 0. The second-order valence-corrected chi connectivity index (χ2v) is 5.67. The molecule has 25 heavy (non-hydrogen) atoms. The van der Waals surface area contributed by atoms with Crippen LogP contribution in [0.15, 0.2) is 35.1 Å². The van der Waals surface area contributed by atoms with Gasteiger partial charge in [-0.15, -0.1) is 0 Å². The summed E-state index contributed by atoms with van der Waals surface area (Å²) in [5.74, 6) is -1.78. The first-order valence-electron chi connectivity index (χ1n) is 7.72. The molecule has 8 heteroatoms. The average molecular weight is 345 g/mol. The minimum absolute atomic E-state index is 0.0352. The monoisotopic (exact) mass is 345 g/mol. The zero-order valence-electron chi connectivity index (χ0n) is 13.9. The van der Waals surface area contributed by atoms with E-state index in [0.717, 1.165) is 0 Å². The summed E-state index contributed by atoms with van der Waals surface area (Å²) < 4.78 is 4.85. The van der Waals surface area contributed by atoms with Gasteiger partial charge in [-0.25, -0.2) is 4.79 Å². The summed E-state index contributed by atoms with van der Waals surface area (Å²) in [7, 11) is 0. The number of carbonyl (C=O) groups is 3. The molecule has 0 unspecified atom stereocenters. The lowest BCUT2D eigenvalue weighted by atomic mass is 10.1. The van der Waals surface area contributed by atoms with Crippen molar-refractivity contribution in [2.75, 3.05) is 13.2 Å². The number of ether oxygens (including phenoxy) is 1. The normalized spacial score (nSPS) is 10.5. The Morgan fingerprint density at radius 3 is 2.60 bits per heavy atom. The van der Waals surface area contributed by atoms with Crippen LogP contribution < -0.4 is 16.2 Å². The molecule has 132 valence electrons. The van der Waals surface area contributed by atoms with Crippen LogP contribution >= 0.6 is 0 Å². The van der Waals surface area contributed by atoms with Gasteiger partial charge in [0.05, 0.1) is 6.54 Å². The third-order valence-corrected chi connectivity index (χ3v) is 3.20. The SMILES string of the molecule is CC(C)NC(=O)CNC(=O)COC(=O)c1cc2ccccc2c(=O)[nH]1. The van der Waals surface area contributed by atoms with E-state index in [1.165, 1.54) is 6.07 Å². The fraction of sp³-hybridized carbons (Fsp3) is 0.294. The second-order valence-electron chi connectivity index (χ2n) is 5.67. The number of aromatic amines is 1. The van der Waals surface area contributed by atoms with E-state index < -0.39 is 24.0 Å². The zero-order valence-corrected chi connectivity index (χ0v) is 13.9. The lowest BCUT2D eigenvalue weighted by molar-refractivity contribution is -0.128. The molecule has 0 spiro atoms. The maximum atomic E-state index is 12.0. The van der Waals surface area contributed by atoms with Gasteiger partial charge in [0.25, 0.3) is 11.5 Å². The lowest BCUT2D eigenvalue weighted by Gasteiger charge is -2.09. The van der Waals surface area contributed by atoms with Crippen molar-refractivity contribution in [1.29, 1.82) is 0 Å². The summed E-state index contributed by atoms with van der Waals surface area (Å²) in [6, 6.07) is 8.24. The molecule has 2 aromatic rings. The standard InChI is InChI=1S/C17H19N3O5/c1-10(2)19-14(21)8-18-15(22)9-25-17(24)13-7-11-5-3-4-6-12(11)16(23)20-13/h3-7,10H,8-9H2,1-2H3,(H,18,22)(H,19,21)(H,20,23). The number of esters is 1. The van der Waals surface area contributed by atoms with Crippen LogP contribution in [0.25, 0.3) is 10.8 Å². The molecule has 0 aliphatic heterocycles. The predicted molar refractivity (Wildman–Crippen MR) is 91.1 cm³/mol. The molecule has 2 rings (SSSR count). The smallest absolute Gasteiger partial charge is 0.355 e. The molecule has 1 heterocycles. The van der Waals surface area contributed by atoms with Crippen LogP contribution in [0.4, 0.5) is 0 Å². The number of fused-ring (bicyclic) bond motifs is 1. The lowest BCUT2D eigenvalue weighted by Crippen LogP contribution is -2.41. The first-order valence-corrected chi connectivity index (χ1v) is 7.72. The molecule has 8 nitrogen and oxygen atoms in total. The van der Waals surface area contributed by atoms with Gasteiger partial charge in [0.15, 0.2) is 6.61 Å². The fourth-order valence-electron chi connectivity index (χ4n) is 2.13. The van der Waals surface area contributed by atoms with Crippen molar-refractivity contribution in [2.45, 2.75) is 19.9 Å². The van der Waals surface area contributed by atoms with Gasteiger partial charge in [-0.1, -0.05) is 18.2 Å². The van der Waals surface area contributed by atoms with Crippen LogP contribution in [0.3, 0.4) is 0 Å². The Kier molecular flexibility index (Phi) is 5.89. The molecule has 0 fully saturated rings. The topological polar surface area (TPSA) is 117 Å². The first-order chi connectivity index (χ1) is 11.9. The summed E-state index contributed by atoms with van der Waals surface area (Å²) in [4.78, 5) is 49.3. The van der Waals surface area contributed by atoms with Gasteiger partial charge < -0.3 is 20.4 Å². The number of amides is 2. The number of hydrogen-bond donors (Lipinski definition) is 3. The molecule has 1 aromatic heterocycles. The van der Waals surface area contributed by atoms with E-state index in [2.05, 4.69) is 15.6 Å². The number of benzene rings is 1. The van der Waals surface area contributed by atoms with Crippen molar-refractivity contribution in [3.05, 3.63) is 46.4 Å². The van der Waals surface area contributed by atoms with Crippen LogP contribution in [-0.2, 0) is 14.3 Å².